The van der Waals surface area contributed by atoms with E-state index < -0.39 is 0 Å². The van der Waals surface area contributed by atoms with Crippen LogP contribution in [0.1, 0.15) is 33.1 Å². The molecule has 0 spiro atoms. The summed E-state index contributed by atoms with van der Waals surface area (Å²) in [6, 6.07) is 0. The topological polar surface area (TPSA) is 20.2 Å². The highest BCUT2D eigenvalue weighted by Gasteiger charge is 1.99. The van der Waals surface area contributed by atoms with Crippen LogP contribution < -0.4 is 0 Å². The Balaban J connectivity index is 3.72. The van der Waals surface area contributed by atoms with Gasteiger partial charge in [0.2, 0.25) is 0 Å². The first-order chi connectivity index (χ1) is 6.20. The van der Waals surface area contributed by atoms with Gasteiger partial charge in [-0.05, 0) is 45.1 Å². The highest BCUT2D eigenvalue weighted by molar-refractivity contribution is 4.95. The largest absolute Gasteiger partial charge is 0.516 e. The SMILES string of the molecule is C=CC(C/C=C/O)CCC=C(C)C. The van der Waals surface area contributed by atoms with Crippen molar-refractivity contribution in [1.82, 2.24) is 0 Å². The van der Waals surface area contributed by atoms with Crippen LogP contribution in [0.15, 0.2) is 36.6 Å². The maximum atomic E-state index is 8.50. The first kappa shape index (κ1) is 12.0. The first-order valence-corrected chi connectivity index (χ1v) is 4.75. The molecule has 0 aliphatic rings. The van der Waals surface area contributed by atoms with E-state index >= 15 is 0 Å². The predicted molar refractivity (Wildman–Crippen MR) is 58.7 cm³/mol. The van der Waals surface area contributed by atoms with Gasteiger partial charge in [-0.1, -0.05) is 17.7 Å². The van der Waals surface area contributed by atoms with Gasteiger partial charge in [0.05, 0.1) is 6.26 Å². The number of aliphatic hydroxyl groups excluding tert-OH is 1. The second-order valence-electron chi connectivity index (χ2n) is 3.48. The molecule has 1 atom stereocenters. The van der Waals surface area contributed by atoms with E-state index in [0.717, 1.165) is 25.5 Å². The van der Waals surface area contributed by atoms with Gasteiger partial charge >= 0.3 is 0 Å². The molecular formula is C12H20O. The summed E-state index contributed by atoms with van der Waals surface area (Å²) < 4.78 is 0. The molecule has 0 saturated carbocycles. The molecule has 0 aromatic carbocycles. The highest BCUT2D eigenvalue weighted by atomic mass is 16.2. The average molecular weight is 180 g/mol. The zero-order chi connectivity index (χ0) is 10.1. The fourth-order valence-electron chi connectivity index (χ4n) is 1.15. The van der Waals surface area contributed by atoms with E-state index in [0.29, 0.717) is 5.92 Å². The van der Waals surface area contributed by atoms with Gasteiger partial charge in [-0.3, -0.25) is 0 Å². The molecule has 13 heavy (non-hydrogen) atoms. The van der Waals surface area contributed by atoms with Crippen molar-refractivity contribution in [2.24, 2.45) is 5.92 Å². The van der Waals surface area contributed by atoms with E-state index in [1.54, 1.807) is 6.08 Å². The standard InChI is InChI=1S/C12H20O/c1-4-12(9-6-10-13)8-5-7-11(2)3/h4,6-7,10,12-13H,1,5,8-9H2,2-3H3/b10-6+. The monoisotopic (exact) mass is 180 g/mol. The van der Waals surface area contributed by atoms with Crippen LogP contribution in [0.2, 0.25) is 0 Å². The van der Waals surface area contributed by atoms with E-state index in [-0.39, 0.29) is 0 Å². The summed E-state index contributed by atoms with van der Waals surface area (Å²) in [6.45, 7) is 7.99. The Morgan fingerprint density at radius 1 is 1.46 bits per heavy atom. The minimum Gasteiger partial charge on any atom is -0.516 e. The molecule has 0 aromatic heterocycles. The third-order valence-corrected chi connectivity index (χ3v) is 1.97. The fourth-order valence-corrected chi connectivity index (χ4v) is 1.15. The van der Waals surface area contributed by atoms with E-state index in [4.69, 9.17) is 5.11 Å². The van der Waals surface area contributed by atoms with Crippen molar-refractivity contribution in [2.75, 3.05) is 0 Å². The lowest BCUT2D eigenvalue weighted by atomic mass is 9.99. The van der Waals surface area contributed by atoms with Crippen LogP contribution in [0.4, 0.5) is 0 Å². The van der Waals surface area contributed by atoms with Crippen molar-refractivity contribution in [3.05, 3.63) is 36.6 Å². The van der Waals surface area contributed by atoms with E-state index in [1.165, 1.54) is 5.57 Å². The van der Waals surface area contributed by atoms with Crippen LogP contribution in [0, 0.1) is 5.92 Å². The lowest BCUT2D eigenvalue weighted by Crippen LogP contribution is -1.93. The summed E-state index contributed by atoms with van der Waals surface area (Å²) in [5.41, 5.74) is 1.36. The Bertz CT molecular complexity index is 185. The summed E-state index contributed by atoms with van der Waals surface area (Å²) in [7, 11) is 0. The lowest BCUT2D eigenvalue weighted by molar-refractivity contribution is 0.466. The van der Waals surface area contributed by atoms with Crippen molar-refractivity contribution in [3.8, 4) is 0 Å². The van der Waals surface area contributed by atoms with E-state index in [9.17, 15) is 0 Å². The molecule has 0 radical (unpaired) electrons. The van der Waals surface area contributed by atoms with Crippen molar-refractivity contribution < 1.29 is 5.11 Å². The Morgan fingerprint density at radius 2 is 2.15 bits per heavy atom. The van der Waals surface area contributed by atoms with Crippen LogP contribution in [-0.4, -0.2) is 5.11 Å². The van der Waals surface area contributed by atoms with E-state index in [2.05, 4.69) is 26.5 Å². The second-order valence-corrected chi connectivity index (χ2v) is 3.48. The van der Waals surface area contributed by atoms with Gasteiger partial charge in [0.25, 0.3) is 0 Å². The lowest BCUT2D eigenvalue weighted by Gasteiger charge is -2.07. The maximum absolute atomic E-state index is 8.50. The van der Waals surface area contributed by atoms with Gasteiger partial charge in [0.15, 0.2) is 0 Å². The molecule has 1 unspecified atom stereocenters. The van der Waals surface area contributed by atoms with Gasteiger partial charge in [-0.2, -0.15) is 0 Å². The molecule has 0 fully saturated rings. The van der Waals surface area contributed by atoms with Crippen molar-refractivity contribution in [3.63, 3.8) is 0 Å². The van der Waals surface area contributed by atoms with Crippen LogP contribution in [0.3, 0.4) is 0 Å². The molecule has 0 rings (SSSR count). The van der Waals surface area contributed by atoms with Crippen molar-refractivity contribution in [2.45, 2.75) is 33.1 Å². The van der Waals surface area contributed by atoms with Crippen LogP contribution in [0.25, 0.3) is 0 Å². The van der Waals surface area contributed by atoms with Crippen LogP contribution >= 0.6 is 0 Å². The van der Waals surface area contributed by atoms with Crippen LogP contribution in [0.5, 0.6) is 0 Å². The zero-order valence-corrected chi connectivity index (χ0v) is 8.66. The van der Waals surface area contributed by atoms with Gasteiger partial charge in [0, 0.05) is 0 Å². The fraction of sp³-hybridized carbons (Fsp3) is 0.500. The molecule has 0 aliphatic carbocycles. The summed E-state index contributed by atoms with van der Waals surface area (Å²) in [4.78, 5) is 0. The first-order valence-electron chi connectivity index (χ1n) is 4.75. The molecule has 0 aliphatic heterocycles. The highest BCUT2D eigenvalue weighted by Crippen LogP contribution is 2.14. The molecule has 0 heterocycles. The van der Waals surface area contributed by atoms with E-state index in [1.807, 2.05) is 6.08 Å². The molecule has 0 amide bonds. The summed E-state index contributed by atoms with van der Waals surface area (Å²) in [6.07, 6.45) is 10.2. The summed E-state index contributed by atoms with van der Waals surface area (Å²) in [5, 5.41) is 8.50. The minimum absolute atomic E-state index is 0.485. The second kappa shape index (κ2) is 7.66. The molecule has 0 aromatic rings. The number of hydrogen-bond donors (Lipinski definition) is 1. The molecule has 74 valence electrons. The average Bonchev–Trinajstić information content (AvgIpc) is 2.10. The normalized spacial score (nSPS) is 12.8. The third-order valence-electron chi connectivity index (χ3n) is 1.97. The van der Waals surface area contributed by atoms with Crippen molar-refractivity contribution >= 4 is 0 Å². The van der Waals surface area contributed by atoms with Gasteiger partial charge < -0.3 is 5.11 Å². The maximum Gasteiger partial charge on any atom is 0.0751 e. The molecule has 1 N–H and O–H groups in total. The Hall–Kier alpha value is -0.980. The molecule has 0 saturated heterocycles. The Labute approximate surface area is 81.5 Å². The minimum atomic E-state index is 0.485. The number of rotatable bonds is 6. The Kier molecular flexibility index (Phi) is 7.08. The van der Waals surface area contributed by atoms with Crippen LogP contribution in [-0.2, 0) is 0 Å². The van der Waals surface area contributed by atoms with Gasteiger partial charge in [-0.25, -0.2) is 0 Å². The molecule has 0 bridgehead atoms. The summed E-state index contributed by atoms with van der Waals surface area (Å²) in [5.74, 6) is 0.485. The number of allylic oxidation sites excluding steroid dienone is 4. The number of aliphatic hydroxyl groups is 1. The molecule has 1 heteroatoms. The zero-order valence-electron chi connectivity index (χ0n) is 8.66. The quantitative estimate of drug-likeness (QED) is 0.484. The summed E-state index contributed by atoms with van der Waals surface area (Å²) >= 11 is 0. The predicted octanol–water partition coefficient (Wildman–Crippen LogP) is 4.00. The van der Waals surface area contributed by atoms with Crippen molar-refractivity contribution in [1.29, 1.82) is 0 Å². The molecular weight excluding hydrogens is 160 g/mol. The Morgan fingerprint density at radius 3 is 2.62 bits per heavy atom. The third kappa shape index (κ3) is 7.38. The van der Waals surface area contributed by atoms with Gasteiger partial charge in [-0.15, -0.1) is 6.58 Å². The van der Waals surface area contributed by atoms with Gasteiger partial charge in [0.1, 0.15) is 0 Å². The smallest absolute Gasteiger partial charge is 0.0751 e. The molecule has 1 nitrogen and oxygen atoms in total. The number of hydrogen-bond acceptors (Lipinski definition) is 1.